The number of para-hydroxylation sites is 1. The first-order valence-corrected chi connectivity index (χ1v) is 22.7. The summed E-state index contributed by atoms with van der Waals surface area (Å²) in [5.41, 5.74) is 6.57. The molecule has 0 saturated carbocycles. The fraction of sp³-hybridized carbons (Fsp3) is 0.171. The van der Waals surface area contributed by atoms with Crippen molar-refractivity contribution in [2.45, 2.75) is 43.9 Å². The summed E-state index contributed by atoms with van der Waals surface area (Å²) in [6, 6.07) is 35.9. The molecule has 8 rings (SSSR count). The summed E-state index contributed by atoms with van der Waals surface area (Å²) in [5, 5.41) is 3.74. The Labute approximate surface area is 297 Å². The first-order valence-electron chi connectivity index (χ1n) is 17.3. The van der Waals surface area contributed by atoms with E-state index in [9.17, 15) is 0 Å². The Morgan fingerprint density at radius 2 is 1.53 bits per heavy atom. The molecule has 0 bridgehead atoms. The molecule has 237 valence electrons. The minimum atomic E-state index is -2.36. The first kappa shape index (κ1) is 28.0. The van der Waals surface area contributed by atoms with Crippen molar-refractivity contribution in [2.75, 3.05) is 0 Å². The van der Waals surface area contributed by atoms with Crippen LogP contribution in [0.15, 0.2) is 112 Å². The van der Waals surface area contributed by atoms with Crippen LogP contribution in [0.3, 0.4) is 0 Å². The molecule has 4 heterocycles. The van der Waals surface area contributed by atoms with E-state index in [1.165, 1.54) is 10.6 Å². The number of rotatable bonds is 4. The molecule has 8 aromatic rings. The maximum atomic E-state index is 8.53. The zero-order valence-corrected chi connectivity index (χ0v) is 31.4. The minimum Gasteiger partial charge on any atom is 0 e. The number of hydrogen-bond donors (Lipinski definition) is 0. The van der Waals surface area contributed by atoms with E-state index in [0.717, 1.165) is 49.6 Å². The van der Waals surface area contributed by atoms with Crippen LogP contribution in [0, 0.1) is 19.0 Å². The van der Waals surface area contributed by atoms with Gasteiger partial charge in [-0.2, -0.15) is 0 Å². The Kier molecular flexibility index (Phi) is 7.89. The molecule has 4 aromatic carbocycles. The number of aromatic nitrogens is 2. The van der Waals surface area contributed by atoms with Crippen molar-refractivity contribution in [1.29, 1.82) is 0 Å². The van der Waals surface area contributed by atoms with Crippen molar-refractivity contribution < 1.29 is 34.4 Å². The predicted molar refractivity (Wildman–Crippen MR) is 193 cm³/mol. The van der Waals surface area contributed by atoms with Crippen LogP contribution in [0.4, 0.5) is 0 Å². The topological polar surface area (TPSA) is 52.1 Å². The second-order valence-corrected chi connectivity index (χ2v) is 23.3. The average molecular weight is 858 g/mol. The molecular formula is C41H36GeIrN2O2-2. The van der Waals surface area contributed by atoms with Gasteiger partial charge in [0.05, 0.1) is 11.0 Å². The molecule has 0 atom stereocenters. The molecule has 0 N–H and O–H groups in total. The fourth-order valence-electron chi connectivity index (χ4n) is 5.75. The van der Waals surface area contributed by atoms with Gasteiger partial charge in [0, 0.05) is 42.6 Å². The molecule has 4 nitrogen and oxygen atoms in total. The molecule has 0 saturated heterocycles. The van der Waals surface area contributed by atoms with Crippen molar-refractivity contribution in [3.05, 3.63) is 127 Å². The number of furan rings is 2. The Bertz CT molecular complexity index is 2500. The summed E-state index contributed by atoms with van der Waals surface area (Å²) in [6.07, 6.45) is 3.39. The van der Waals surface area contributed by atoms with Gasteiger partial charge in [-0.1, -0.05) is 49.1 Å². The number of pyridine rings is 2. The summed E-state index contributed by atoms with van der Waals surface area (Å²) in [6.45, 7) is 0.989. The third kappa shape index (κ3) is 6.32. The molecule has 0 fully saturated rings. The van der Waals surface area contributed by atoms with Gasteiger partial charge in [0.25, 0.3) is 0 Å². The van der Waals surface area contributed by atoms with Crippen LogP contribution in [-0.2, 0) is 20.1 Å². The van der Waals surface area contributed by atoms with Gasteiger partial charge in [-0.25, -0.2) is 0 Å². The first-order chi connectivity index (χ1) is 23.7. The molecule has 47 heavy (non-hydrogen) atoms. The zero-order valence-electron chi connectivity index (χ0n) is 30.9. The molecule has 0 aliphatic carbocycles. The van der Waals surface area contributed by atoms with Crippen LogP contribution in [0.2, 0.25) is 17.3 Å². The van der Waals surface area contributed by atoms with Crippen molar-refractivity contribution in [3.8, 4) is 22.5 Å². The van der Waals surface area contributed by atoms with Crippen molar-refractivity contribution in [3.63, 3.8) is 0 Å². The number of aryl methyl sites for hydroxylation is 1. The maximum Gasteiger partial charge on any atom is 0 e. The van der Waals surface area contributed by atoms with Crippen LogP contribution in [0.25, 0.3) is 66.4 Å². The van der Waals surface area contributed by atoms with Crippen molar-refractivity contribution in [2.24, 2.45) is 0 Å². The quantitative estimate of drug-likeness (QED) is 0.131. The van der Waals surface area contributed by atoms with Gasteiger partial charge in [-0.3, -0.25) is 0 Å². The van der Waals surface area contributed by atoms with E-state index in [4.69, 9.17) is 14.3 Å². The SMILES string of the molecule is [2H]C([2H])([2H])c1cnc(-c2[c-]ccc3c2oc2c3ccc3oc4ccccc4c32)cc1C([2H])(C)C.[CH3][Ge]([CH3])([CH3])[c]1ccc(-c2[c-]cccc2)nc1.[Ir]. The normalized spacial score (nSPS) is 13.4. The zero-order chi connectivity index (χ0) is 35.4. The smallest absolute Gasteiger partial charge is 0 e. The van der Waals surface area contributed by atoms with Gasteiger partial charge in [0.15, 0.2) is 0 Å². The van der Waals surface area contributed by atoms with Crippen LogP contribution in [-0.4, -0.2) is 23.2 Å². The summed E-state index contributed by atoms with van der Waals surface area (Å²) in [4.78, 5) is 8.99. The predicted octanol–water partition coefficient (Wildman–Crippen LogP) is 10.9. The van der Waals surface area contributed by atoms with Gasteiger partial charge < -0.3 is 13.8 Å². The number of benzene rings is 4. The van der Waals surface area contributed by atoms with Crippen molar-refractivity contribution in [1.82, 2.24) is 9.97 Å². The maximum absolute atomic E-state index is 8.53. The second kappa shape index (κ2) is 13.2. The summed E-state index contributed by atoms with van der Waals surface area (Å²) in [5.74, 6) is 6.02. The number of hydrogen-bond acceptors (Lipinski definition) is 4. The molecule has 1 radical (unpaired) electrons. The third-order valence-corrected chi connectivity index (χ3v) is 12.5. The fourth-order valence-corrected chi connectivity index (χ4v) is 7.93. The number of nitrogens with zero attached hydrogens (tertiary/aromatic N) is 2. The van der Waals surface area contributed by atoms with Crippen LogP contribution < -0.4 is 4.40 Å². The summed E-state index contributed by atoms with van der Waals surface area (Å²) in [7, 11) is 0. The largest absolute Gasteiger partial charge is 0 e. The van der Waals surface area contributed by atoms with Gasteiger partial charge in [0.1, 0.15) is 16.7 Å². The number of fused-ring (bicyclic) bond motifs is 7. The molecule has 0 unspecified atom stereocenters. The van der Waals surface area contributed by atoms with Crippen LogP contribution in [0.1, 0.15) is 36.4 Å². The molecule has 4 aromatic heterocycles. The van der Waals surface area contributed by atoms with E-state index >= 15 is 0 Å². The molecule has 0 aliphatic heterocycles. The Morgan fingerprint density at radius 3 is 2.26 bits per heavy atom. The van der Waals surface area contributed by atoms with Gasteiger partial charge in [-0.15, -0.1) is 18.2 Å². The van der Waals surface area contributed by atoms with E-state index in [0.29, 0.717) is 22.4 Å². The van der Waals surface area contributed by atoms with E-state index in [1.807, 2.05) is 79.0 Å². The van der Waals surface area contributed by atoms with E-state index < -0.39 is 26.0 Å². The van der Waals surface area contributed by atoms with E-state index in [-0.39, 0.29) is 25.7 Å². The molecule has 0 aliphatic rings. The minimum absolute atomic E-state index is 0. The molecule has 0 spiro atoms. The Balaban J connectivity index is 0.000000222. The van der Waals surface area contributed by atoms with Gasteiger partial charge in [-0.05, 0) is 47.8 Å². The van der Waals surface area contributed by atoms with E-state index in [1.54, 1.807) is 19.9 Å². The third-order valence-electron chi connectivity index (χ3n) is 8.25. The van der Waals surface area contributed by atoms with Crippen molar-refractivity contribution >= 4 is 61.5 Å². The second-order valence-electron chi connectivity index (χ2n) is 12.7. The van der Waals surface area contributed by atoms with Gasteiger partial charge >= 0.3 is 99.8 Å². The molecule has 6 heteroatoms. The van der Waals surface area contributed by atoms with E-state index in [2.05, 4.69) is 51.5 Å². The average Bonchev–Trinajstić information content (AvgIpc) is 3.66. The summed E-state index contributed by atoms with van der Waals surface area (Å²) >= 11 is -1.72. The standard InChI is InChI=1S/C27H20NO2.C14H16GeN.Ir/c1-15(2)21-13-22(28-14-16(21)3)19-9-6-8-17-18-11-12-24-25(27(18)30-26(17)19)20-7-4-5-10-23(20)29-24;1-15(2,3)13-9-10-14(16-11-13)12-7-5-4-6-8-12;/h4-8,10-15H,1-3H3;4-7,9-11H,1-3H3;/q2*-1;/i3D3,15D;;. The Hall–Kier alpha value is -4.03. The summed E-state index contributed by atoms with van der Waals surface area (Å²) < 4.78 is 46.1. The van der Waals surface area contributed by atoms with Crippen LogP contribution >= 0.6 is 0 Å². The molecule has 0 amide bonds. The van der Waals surface area contributed by atoms with Crippen LogP contribution in [0.5, 0.6) is 0 Å². The Morgan fingerprint density at radius 1 is 0.745 bits per heavy atom. The molecular weight excluding hydrogens is 817 g/mol. The monoisotopic (exact) mass is 859 g/mol. The van der Waals surface area contributed by atoms with Gasteiger partial charge in [0.2, 0.25) is 0 Å².